The molecule has 0 aliphatic heterocycles. The molecule has 38 heavy (non-hydrogen) atoms. The summed E-state index contributed by atoms with van der Waals surface area (Å²) in [6.07, 6.45) is 10.5. The maximum absolute atomic E-state index is 12.9. The molecule has 0 heterocycles. The number of allylic oxidation sites excluding steroid dienone is 4. The Kier molecular flexibility index (Phi) is 9.82. The van der Waals surface area contributed by atoms with Gasteiger partial charge in [0.15, 0.2) is 10.8 Å². The average molecular weight is 533 g/mol. The Morgan fingerprint density at radius 3 is 1.18 bits per heavy atom. The van der Waals surface area contributed by atoms with E-state index in [0.29, 0.717) is 11.8 Å². The number of carbonyl (C=O) groups excluding carboxylic acids is 4. The first kappa shape index (κ1) is 29.9. The number of rotatable bonds is 8. The lowest BCUT2D eigenvalue weighted by Gasteiger charge is -2.49. The van der Waals surface area contributed by atoms with E-state index in [0.717, 1.165) is 75.4 Å². The van der Waals surface area contributed by atoms with Gasteiger partial charge in [-0.2, -0.15) is 0 Å². The Morgan fingerprint density at radius 2 is 0.895 bits per heavy atom. The second kappa shape index (κ2) is 12.5. The first-order chi connectivity index (χ1) is 18.1. The van der Waals surface area contributed by atoms with Gasteiger partial charge in [-0.1, -0.05) is 36.8 Å². The molecule has 0 N–H and O–H groups in total. The minimum Gasteiger partial charge on any atom is -0.468 e. The molecule has 0 radical (unpaired) electrons. The minimum absolute atomic E-state index is 0.229. The first-order valence-corrected chi connectivity index (χ1v) is 13.9. The average Bonchev–Trinajstić information content (AvgIpc) is 2.90. The highest BCUT2D eigenvalue weighted by Gasteiger charge is 2.51. The van der Waals surface area contributed by atoms with Crippen LogP contribution in [0.3, 0.4) is 0 Å². The lowest BCUT2D eigenvalue weighted by atomic mass is 9.55. The van der Waals surface area contributed by atoms with Crippen LogP contribution >= 0.6 is 0 Å². The molecule has 1 saturated carbocycles. The molecular weight excluding hydrogens is 488 g/mol. The highest BCUT2D eigenvalue weighted by Crippen LogP contribution is 2.58. The number of hydrogen-bond donors (Lipinski definition) is 0. The van der Waals surface area contributed by atoms with E-state index in [4.69, 9.17) is 18.9 Å². The van der Waals surface area contributed by atoms with E-state index in [-0.39, 0.29) is 12.8 Å². The van der Waals surface area contributed by atoms with Crippen LogP contribution in [-0.2, 0) is 38.1 Å². The van der Waals surface area contributed by atoms with Gasteiger partial charge >= 0.3 is 23.9 Å². The molecule has 8 nitrogen and oxygen atoms in total. The summed E-state index contributed by atoms with van der Waals surface area (Å²) < 4.78 is 20.2. The number of esters is 4. The van der Waals surface area contributed by atoms with Crippen molar-refractivity contribution in [2.45, 2.75) is 90.9 Å². The van der Waals surface area contributed by atoms with Crippen LogP contribution in [0.5, 0.6) is 0 Å². The molecule has 8 heteroatoms. The Bertz CT molecular complexity index is 892. The maximum atomic E-state index is 12.9. The number of carbonyl (C=O) groups is 4. The lowest BCUT2D eigenvalue weighted by Crippen LogP contribution is -2.42. The standard InChI is InChI=1S/C30H44O8/c1-29(25(31)35-3,26(32)36-4)17-19-13-9-7-11-15-21-22-16-12-8-10-14-20(24(22)23(19)21)18-30(2,27(33)37-5)28(34)38-6/h21-22H,7-18H2,1-6H3/b23-19-,24-20-/t21-,22-/m0/s1. The van der Waals surface area contributed by atoms with Crippen LogP contribution in [0.25, 0.3) is 0 Å². The summed E-state index contributed by atoms with van der Waals surface area (Å²) in [6, 6.07) is 0. The predicted molar refractivity (Wildman–Crippen MR) is 141 cm³/mol. The van der Waals surface area contributed by atoms with Gasteiger partial charge in [0.1, 0.15) is 0 Å². The van der Waals surface area contributed by atoms with Crippen LogP contribution in [0.2, 0.25) is 0 Å². The van der Waals surface area contributed by atoms with Crippen LogP contribution in [0.4, 0.5) is 0 Å². The molecule has 3 aliphatic rings. The molecule has 1 fully saturated rings. The monoisotopic (exact) mass is 532 g/mol. The highest BCUT2D eigenvalue weighted by atomic mass is 16.6. The van der Waals surface area contributed by atoms with Gasteiger partial charge in [-0.15, -0.1) is 0 Å². The van der Waals surface area contributed by atoms with Crippen molar-refractivity contribution in [3.63, 3.8) is 0 Å². The summed E-state index contributed by atoms with van der Waals surface area (Å²) in [5.74, 6) is -1.75. The van der Waals surface area contributed by atoms with Crippen LogP contribution in [-0.4, -0.2) is 52.3 Å². The number of fused-ring (bicyclic) bond motifs is 4. The number of methoxy groups -OCH3 is 4. The largest absolute Gasteiger partial charge is 0.468 e. The van der Waals surface area contributed by atoms with E-state index >= 15 is 0 Å². The van der Waals surface area contributed by atoms with Crippen molar-refractivity contribution in [1.82, 2.24) is 0 Å². The molecule has 0 unspecified atom stereocenters. The third-order valence-electron chi connectivity index (χ3n) is 8.94. The SMILES string of the molecule is COC(=O)C(C)(C/C1=C2\C3=C(/CC(C)(C(=O)OC)C(=O)OC)CCCCC[C@H]3[C@@H]2CCCCC1)C(=O)OC. The van der Waals surface area contributed by atoms with Crippen molar-refractivity contribution in [3.8, 4) is 0 Å². The third kappa shape index (κ3) is 5.55. The van der Waals surface area contributed by atoms with E-state index in [1.54, 1.807) is 13.8 Å². The molecule has 212 valence electrons. The maximum Gasteiger partial charge on any atom is 0.323 e. The fourth-order valence-electron chi connectivity index (χ4n) is 6.91. The van der Waals surface area contributed by atoms with E-state index in [1.807, 2.05) is 0 Å². The van der Waals surface area contributed by atoms with Crippen LogP contribution in [0.1, 0.15) is 90.9 Å². The molecule has 3 rings (SSSR count). The zero-order chi connectivity index (χ0) is 28.1. The fourth-order valence-corrected chi connectivity index (χ4v) is 6.91. The topological polar surface area (TPSA) is 105 Å². The molecule has 0 aromatic rings. The van der Waals surface area contributed by atoms with Gasteiger partial charge in [0.25, 0.3) is 0 Å². The molecule has 0 aromatic heterocycles. The first-order valence-electron chi connectivity index (χ1n) is 13.9. The zero-order valence-corrected chi connectivity index (χ0v) is 23.9. The van der Waals surface area contributed by atoms with Crippen molar-refractivity contribution in [2.75, 3.05) is 28.4 Å². The highest BCUT2D eigenvalue weighted by molar-refractivity contribution is 6.00. The predicted octanol–water partition coefficient (Wildman–Crippen LogP) is 5.24. The van der Waals surface area contributed by atoms with Gasteiger partial charge < -0.3 is 18.9 Å². The van der Waals surface area contributed by atoms with Crippen molar-refractivity contribution in [1.29, 1.82) is 0 Å². The normalized spacial score (nSPS) is 26.2. The Balaban J connectivity index is 2.20. The summed E-state index contributed by atoms with van der Waals surface area (Å²) in [6.45, 7) is 3.20. The lowest BCUT2D eigenvalue weighted by molar-refractivity contribution is -0.169. The molecule has 3 aliphatic carbocycles. The van der Waals surface area contributed by atoms with Crippen molar-refractivity contribution < 1.29 is 38.1 Å². The van der Waals surface area contributed by atoms with Gasteiger partial charge in [0.2, 0.25) is 0 Å². The third-order valence-corrected chi connectivity index (χ3v) is 8.94. The van der Waals surface area contributed by atoms with E-state index in [9.17, 15) is 19.2 Å². The van der Waals surface area contributed by atoms with E-state index < -0.39 is 34.7 Å². The van der Waals surface area contributed by atoms with Gasteiger partial charge in [-0.25, -0.2) is 0 Å². The summed E-state index contributed by atoms with van der Waals surface area (Å²) in [5.41, 5.74) is 1.74. The molecule has 0 spiro atoms. The zero-order valence-electron chi connectivity index (χ0n) is 23.9. The molecule has 0 bridgehead atoms. The van der Waals surface area contributed by atoms with Crippen molar-refractivity contribution in [2.24, 2.45) is 22.7 Å². The molecular formula is C30H44O8. The number of hydrogen-bond acceptors (Lipinski definition) is 8. The summed E-state index contributed by atoms with van der Waals surface area (Å²) in [4.78, 5) is 51.4. The van der Waals surface area contributed by atoms with Gasteiger partial charge in [0.05, 0.1) is 28.4 Å². The summed E-state index contributed by atoms with van der Waals surface area (Å²) in [7, 11) is 5.16. The summed E-state index contributed by atoms with van der Waals surface area (Å²) in [5, 5.41) is 0. The number of ether oxygens (including phenoxy) is 4. The van der Waals surface area contributed by atoms with E-state index in [2.05, 4.69) is 0 Å². The Morgan fingerprint density at radius 1 is 0.579 bits per heavy atom. The van der Waals surface area contributed by atoms with E-state index in [1.165, 1.54) is 39.6 Å². The molecule has 2 atom stereocenters. The fraction of sp³-hybridized carbons (Fsp3) is 0.733. The molecule has 0 saturated heterocycles. The van der Waals surface area contributed by atoms with Crippen molar-refractivity contribution >= 4 is 23.9 Å². The Labute approximate surface area is 226 Å². The molecule has 0 aromatic carbocycles. The smallest absolute Gasteiger partial charge is 0.323 e. The minimum atomic E-state index is -1.45. The van der Waals surface area contributed by atoms with Crippen LogP contribution in [0, 0.1) is 22.7 Å². The van der Waals surface area contributed by atoms with Crippen LogP contribution in [0.15, 0.2) is 22.3 Å². The van der Waals surface area contributed by atoms with Gasteiger partial charge in [-0.05, 0) is 88.2 Å². The molecule has 0 amide bonds. The quantitative estimate of drug-likeness (QED) is 0.237. The Hall–Kier alpha value is -2.64. The van der Waals surface area contributed by atoms with Crippen LogP contribution < -0.4 is 0 Å². The summed E-state index contributed by atoms with van der Waals surface area (Å²) >= 11 is 0. The van der Waals surface area contributed by atoms with Gasteiger partial charge in [0, 0.05) is 0 Å². The second-order valence-corrected chi connectivity index (χ2v) is 11.4. The second-order valence-electron chi connectivity index (χ2n) is 11.4. The van der Waals surface area contributed by atoms with Gasteiger partial charge in [-0.3, -0.25) is 19.2 Å². The van der Waals surface area contributed by atoms with Crippen molar-refractivity contribution in [3.05, 3.63) is 22.3 Å².